The fraction of sp³-hybridized carbons (Fsp3) is 0.857. The van der Waals surface area contributed by atoms with Gasteiger partial charge in [-0.25, -0.2) is 9.59 Å². The number of esters is 1. The third-order valence-corrected chi connectivity index (χ3v) is 3.62. The van der Waals surface area contributed by atoms with Crippen LogP contribution in [-0.4, -0.2) is 45.0 Å². The number of rotatable bonds is 6. The van der Waals surface area contributed by atoms with Gasteiger partial charge in [-0.2, -0.15) is 0 Å². The summed E-state index contributed by atoms with van der Waals surface area (Å²) in [6.45, 7) is 5.36. The summed E-state index contributed by atoms with van der Waals surface area (Å²) < 4.78 is 15.2. The molecule has 0 aromatic carbocycles. The molecule has 1 heterocycles. The molecule has 1 rings (SSSR count). The van der Waals surface area contributed by atoms with Crippen molar-refractivity contribution in [3.63, 3.8) is 0 Å². The van der Waals surface area contributed by atoms with Gasteiger partial charge >= 0.3 is 12.1 Å². The molecule has 2 unspecified atom stereocenters. The number of nitrogens with one attached hydrogen (secondary N) is 1. The highest BCUT2D eigenvalue weighted by atomic mass is 16.5. The minimum Gasteiger partial charge on any atom is -0.464 e. The molecule has 20 heavy (non-hydrogen) atoms. The standard InChI is InChI=1S/C14H25NO5/c1-4-6-10-9-19-8-7-11(10)12(13(16)20-5-2)15-14(17)18-3/h10-12H,4-9H2,1-3H3,(H,15,17)/t10-,11?,12?/m1/s1. The van der Waals surface area contributed by atoms with Crippen molar-refractivity contribution in [1.82, 2.24) is 5.32 Å². The minimum absolute atomic E-state index is 0.0295. The van der Waals surface area contributed by atoms with Gasteiger partial charge in [-0.3, -0.25) is 0 Å². The number of methoxy groups -OCH3 is 1. The quantitative estimate of drug-likeness (QED) is 0.753. The van der Waals surface area contributed by atoms with E-state index >= 15 is 0 Å². The molecule has 6 heteroatoms. The zero-order valence-corrected chi connectivity index (χ0v) is 12.5. The van der Waals surface area contributed by atoms with Crippen LogP contribution >= 0.6 is 0 Å². The van der Waals surface area contributed by atoms with Crippen LogP contribution in [0.5, 0.6) is 0 Å². The van der Waals surface area contributed by atoms with Crippen molar-refractivity contribution >= 4 is 12.1 Å². The Morgan fingerprint density at radius 3 is 2.75 bits per heavy atom. The summed E-state index contributed by atoms with van der Waals surface area (Å²) in [7, 11) is 1.28. The molecule has 1 aliphatic rings. The van der Waals surface area contributed by atoms with E-state index in [0.29, 0.717) is 19.8 Å². The van der Waals surface area contributed by atoms with Crippen LogP contribution in [0.4, 0.5) is 4.79 Å². The lowest BCUT2D eigenvalue weighted by molar-refractivity contribution is -0.149. The zero-order chi connectivity index (χ0) is 15.0. The first-order chi connectivity index (χ1) is 9.63. The fourth-order valence-electron chi connectivity index (χ4n) is 2.68. The third-order valence-electron chi connectivity index (χ3n) is 3.62. The van der Waals surface area contributed by atoms with Crippen LogP contribution in [0.25, 0.3) is 0 Å². The Hall–Kier alpha value is -1.30. The Labute approximate surface area is 120 Å². The van der Waals surface area contributed by atoms with Crippen LogP contribution in [0, 0.1) is 11.8 Å². The van der Waals surface area contributed by atoms with E-state index in [-0.39, 0.29) is 11.8 Å². The summed E-state index contributed by atoms with van der Waals surface area (Å²) in [5.74, 6) is -0.118. The molecular formula is C14H25NO5. The number of ether oxygens (including phenoxy) is 3. The summed E-state index contributed by atoms with van der Waals surface area (Å²) in [4.78, 5) is 23.6. The minimum atomic E-state index is -0.664. The van der Waals surface area contributed by atoms with Gasteiger partial charge in [0.1, 0.15) is 6.04 Å². The normalized spacial score (nSPS) is 23.8. The fourth-order valence-corrected chi connectivity index (χ4v) is 2.68. The molecule has 0 aliphatic carbocycles. The molecular weight excluding hydrogens is 262 g/mol. The first-order valence-corrected chi connectivity index (χ1v) is 7.22. The summed E-state index contributed by atoms with van der Waals surface area (Å²) in [5.41, 5.74) is 0. The van der Waals surface area contributed by atoms with Gasteiger partial charge in [0.15, 0.2) is 0 Å². The lowest BCUT2D eigenvalue weighted by Gasteiger charge is -2.35. The van der Waals surface area contributed by atoms with Crippen LogP contribution < -0.4 is 5.32 Å². The number of hydrogen-bond acceptors (Lipinski definition) is 5. The monoisotopic (exact) mass is 287 g/mol. The molecule has 0 aromatic rings. The molecule has 6 nitrogen and oxygen atoms in total. The van der Waals surface area contributed by atoms with E-state index in [1.807, 2.05) is 0 Å². The smallest absolute Gasteiger partial charge is 0.407 e. The number of alkyl carbamates (subject to hydrolysis) is 1. The van der Waals surface area contributed by atoms with Gasteiger partial charge < -0.3 is 19.5 Å². The van der Waals surface area contributed by atoms with Crippen LogP contribution in [0.2, 0.25) is 0 Å². The topological polar surface area (TPSA) is 73.9 Å². The van der Waals surface area contributed by atoms with E-state index in [2.05, 4.69) is 17.0 Å². The van der Waals surface area contributed by atoms with Crippen LogP contribution in [0.1, 0.15) is 33.1 Å². The van der Waals surface area contributed by atoms with Crippen molar-refractivity contribution in [3.8, 4) is 0 Å². The van der Waals surface area contributed by atoms with Gasteiger partial charge in [0, 0.05) is 13.2 Å². The number of carbonyl (C=O) groups excluding carboxylic acids is 2. The summed E-state index contributed by atoms with van der Waals surface area (Å²) in [5, 5.41) is 2.62. The lowest BCUT2D eigenvalue weighted by Crippen LogP contribution is -2.51. The van der Waals surface area contributed by atoms with E-state index in [1.165, 1.54) is 7.11 Å². The highest BCUT2D eigenvalue weighted by molar-refractivity contribution is 5.81. The molecule has 0 radical (unpaired) electrons. The van der Waals surface area contributed by atoms with Gasteiger partial charge in [0.25, 0.3) is 0 Å². The SMILES string of the molecule is CCC[C@@H]1COCCC1C(NC(=O)OC)C(=O)OCC. The molecule has 0 bridgehead atoms. The molecule has 1 aliphatic heterocycles. The van der Waals surface area contributed by atoms with Crippen molar-refractivity contribution in [2.45, 2.75) is 39.2 Å². The first kappa shape index (κ1) is 16.8. The van der Waals surface area contributed by atoms with Gasteiger partial charge in [0.05, 0.1) is 13.7 Å². The zero-order valence-electron chi connectivity index (χ0n) is 12.5. The average Bonchev–Trinajstić information content (AvgIpc) is 2.46. The van der Waals surface area contributed by atoms with E-state index in [4.69, 9.17) is 9.47 Å². The molecule has 116 valence electrons. The Morgan fingerprint density at radius 2 is 2.15 bits per heavy atom. The average molecular weight is 287 g/mol. The van der Waals surface area contributed by atoms with Crippen molar-refractivity contribution in [2.75, 3.05) is 26.9 Å². The van der Waals surface area contributed by atoms with E-state index in [0.717, 1.165) is 19.3 Å². The second-order valence-corrected chi connectivity index (χ2v) is 4.94. The van der Waals surface area contributed by atoms with Crippen molar-refractivity contribution in [1.29, 1.82) is 0 Å². The van der Waals surface area contributed by atoms with Crippen molar-refractivity contribution in [3.05, 3.63) is 0 Å². The maximum absolute atomic E-state index is 12.1. The van der Waals surface area contributed by atoms with E-state index < -0.39 is 18.1 Å². The Kier molecular flexibility index (Phi) is 7.36. The summed E-state index contributed by atoms with van der Waals surface area (Å²) in [6, 6.07) is -0.664. The Bertz CT molecular complexity index is 319. The molecule has 1 N–H and O–H groups in total. The van der Waals surface area contributed by atoms with Crippen molar-refractivity contribution in [2.24, 2.45) is 11.8 Å². The molecule has 1 saturated heterocycles. The molecule has 0 saturated carbocycles. The van der Waals surface area contributed by atoms with E-state index in [1.54, 1.807) is 6.92 Å². The summed E-state index contributed by atoms with van der Waals surface area (Å²) in [6.07, 6.45) is 2.10. The summed E-state index contributed by atoms with van der Waals surface area (Å²) >= 11 is 0. The predicted molar refractivity (Wildman–Crippen MR) is 73.3 cm³/mol. The highest BCUT2D eigenvalue weighted by Gasteiger charge is 2.38. The molecule has 0 spiro atoms. The lowest BCUT2D eigenvalue weighted by atomic mass is 9.80. The first-order valence-electron chi connectivity index (χ1n) is 7.22. The third kappa shape index (κ3) is 4.67. The number of carbonyl (C=O) groups is 2. The van der Waals surface area contributed by atoms with Crippen molar-refractivity contribution < 1.29 is 23.8 Å². The number of amides is 1. The van der Waals surface area contributed by atoms with Crippen LogP contribution in [0.3, 0.4) is 0 Å². The molecule has 0 aromatic heterocycles. The largest absolute Gasteiger partial charge is 0.464 e. The molecule has 1 fully saturated rings. The second-order valence-electron chi connectivity index (χ2n) is 4.94. The maximum Gasteiger partial charge on any atom is 0.407 e. The number of hydrogen-bond donors (Lipinski definition) is 1. The Balaban J connectivity index is 2.82. The van der Waals surface area contributed by atoms with Crippen LogP contribution in [-0.2, 0) is 19.0 Å². The molecule has 1 amide bonds. The maximum atomic E-state index is 12.1. The molecule has 3 atom stereocenters. The van der Waals surface area contributed by atoms with Gasteiger partial charge in [-0.05, 0) is 31.6 Å². The highest BCUT2D eigenvalue weighted by Crippen LogP contribution is 2.29. The second kappa shape index (κ2) is 8.79. The van der Waals surface area contributed by atoms with Gasteiger partial charge in [0.2, 0.25) is 0 Å². The predicted octanol–water partition coefficient (Wildman–Crippen LogP) is 1.73. The van der Waals surface area contributed by atoms with Gasteiger partial charge in [-0.1, -0.05) is 13.3 Å². The Morgan fingerprint density at radius 1 is 1.40 bits per heavy atom. The van der Waals surface area contributed by atoms with Gasteiger partial charge in [-0.15, -0.1) is 0 Å². The van der Waals surface area contributed by atoms with Crippen LogP contribution in [0.15, 0.2) is 0 Å². The van der Waals surface area contributed by atoms with E-state index in [9.17, 15) is 9.59 Å².